The molecule has 1 N–H and O–H groups in total. The van der Waals surface area contributed by atoms with E-state index in [0.717, 1.165) is 16.6 Å². The summed E-state index contributed by atoms with van der Waals surface area (Å²) in [7, 11) is 0. The molecule has 3 heteroatoms. The van der Waals surface area contributed by atoms with E-state index < -0.39 is 6.10 Å². The van der Waals surface area contributed by atoms with Crippen LogP contribution in [0.5, 0.6) is 0 Å². The van der Waals surface area contributed by atoms with E-state index in [1.165, 1.54) is 31.4 Å². The maximum absolute atomic E-state index is 9.61. The fraction of sp³-hybridized carbons (Fsp3) is 0.600. The number of aliphatic hydroxyl groups excluding tert-OH is 1. The van der Waals surface area contributed by atoms with Crippen molar-refractivity contribution in [3.8, 4) is 0 Å². The van der Waals surface area contributed by atoms with Crippen molar-refractivity contribution in [1.82, 2.24) is 0 Å². The summed E-state index contributed by atoms with van der Waals surface area (Å²) < 4.78 is 1.10. The van der Waals surface area contributed by atoms with Crippen LogP contribution in [0.25, 0.3) is 0 Å². The molecule has 1 unspecified atom stereocenters. The van der Waals surface area contributed by atoms with Gasteiger partial charge in [0.1, 0.15) is 0 Å². The largest absolute Gasteiger partial charge is 0.389 e. The molecule has 0 saturated carbocycles. The summed E-state index contributed by atoms with van der Waals surface area (Å²) in [4.78, 5) is 2.51. The number of rotatable bonds is 3. The highest BCUT2D eigenvalue weighted by Gasteiger charge is 2.22. The average Bonchev–Trinajstić information content (AvgIpc) is 2.38. The molecular weight excluding hydrogens is 290 g/mol. The number of hydrogen-bond acceptors (Lipinski definition) is 2. The third kappa shape index (κ3) is 2.89. The van der Waals surface area contributed by atoms with Crippen molar-refractivity contribution in [3.63, 3.8) is 0 Å². The first-order chi connectivity index (χ1) is 8.63. The van der Waals surface area contributed by atoms with Crippen LogP contribution < -0.4 is 4.90 Å². The van der Waals surface area contributed by atoms with E-state index in [1.807, 2.05) is 12.1 Å². The number of benzene rings is 1. The van der Waals surface area contributed by atoms with Gasteiger partial charge in [0.15, 0.2) is 0 Å². The van der Waals surface area contributed by atoms with Crippen molar-refractivity contribution in [2.24, 2.45) is 0 Å². The van der Waals surface area contributed by atoms with Gasteiger partial charge in [-0.2, -0.15) is 0 Å². The van der Waals surface area contributed by atoms with Crippen molar-refractivity contribution < 1.29 is 5.11 Å². The first kappa shape index (κ1) is 13.9. The Kier molecular flexibility index (Phi) is 4.68. The number of nitrogens with zero attached hydrogens (tertiary/aromatic N) is 1. The summed E-state index contributed by atoms with van der Waals surface area (Å²) in [6, 6.07) is 6.88. The molecule has 18 heavy (non-hydrogen) atoms. The number of aliphatic hydroxyl groups is 1. The third-order valence-corrected chi connectivity index (χ3v) is 4.50. The lowest BCUT2D eigenvalue weighted by molar-refractivity contribution is 0.199. The molecule has 0 spiro atoms. The molecule has 1 saturated heterocycles. The zero-order valence-electron chi connectivity index (χ0n) is 11.2. The maximum atomic E-state index is 9.61. The van der Waals surface area contributed by atoms with Gasteiger partial charge in [0.25, 0.3) is 0 Å². The smallest absolute Gasteiger partial charge is 0.0762 e. The Balaban J connectivity index is 2.26. The Hall–Kier alpha value is -0.540. The summed E-state index contributed by atoms with van der Waals surface area (Å²) in [6.07, 6.45) is 4.71. The summed E-state index contributed by atoms with van der Waals surface area (Å²) in [5, 5.41) is 9.61. The van der Waals surface area contributed by atoms with Crippen molar-refractivity contribution in [2.45, 2.75) is 51.7 Å². The van der Waals surface area contributed by atoms with Gasteiger partial charge in [-0.05, 0) is 66.2 Å². The lowest BCUT2D eigenvalue weighted by Gasteiger charge is -2.38. The van der Waals surface area contributed by atoms with Crippen LogP contribution in [0.1, 0.15) is 51.2 Å². The molecule has 0 amide bonds. The molecule has 1 aliphatic rings. The van der Waals surface area contributed by atoms with Gasteiger partial charge in [-0.1, -0.05) is 13.0 Å². The highest BCUT2D eigenvalue weighted by molar-refractivity contribution is 9.10. The first-order valence-electron chi connectivity index (χ1n) is 6.87. The minimum Gasteiger partial charge on any atom is -0.389 e. The molecule has 0 aliphatic carbocycles. The fourth-order valence-electron chi connectivity index (χ4n) is 2.76. The van der Waals surface area contributed by atoms with Gasteiger partial charge in [-0.3, -0.25) is 0 Å². The zero-order chi connectivity index (χ0) is 13.1. The molecule has 1 aliphatic heterocycles. The Morgan fingerprint density at radius 1 is 1.44 bits per heavy atom. The van der Waals surface area contributed by atoms with Gasteiger partial charge < -0.3 is 10.0 Å². The molecule has 1 aromatic carbocycles. The van der Waals surface area contributed by atoms with E-state index in [2.05, 4.69) is 33.8 Å². The van der Waals surface area contributed by atoms with Crippen molar-refractivity contribution >= 4 is 21.6 Å². The second-order valence-electron chi connectivity index (χ2n) is 5.14. The van der Waals surface area contributed by atoms with Crippen LogP contribution in [0.3, 0.4) is 0 Å². The first-order valence-corrected chi connectivity index (χ1v) is 7.67. The van der Waals surface area contributed by atoms with E-state index >= 15 is 0 Å². The summed E-state index contributed by atoms with van der Waals surface area (Å²) >= 11 is 3.65. The number of anilines is 1. The van der Waals surface area contributed by atoms with E-state index in [1.54, 1.807) is 6.92 Å². The summed E-state index contributed by atoms with van der Waals surface area (Å²) in [6.45, 7) is 5.21. The number of halogens is 1. The normalized spacial score (nSPS) is 22.0. The topological polar surface area (TPSA) is 23.5 Å². The van der Waals surface area contributed by atoms with Gasteiger partial charge in [-0.25, -0.2) is 0 Å². The predicted octanol–water partition coefficient (Wildman–Crippen LogP) is 4.27. The highest BCUT2D eigenvalue weighted by Crippen LogP contribution is 2.34. The standard InChI is InChI=1S/C15H22BrNO/c1-3-13-6-4-5-9-17(13)15-8-7-12(11(2)18)10-14(15)16/h7-8,10-11,13,18H,3-6,9H2,1-2H3/t11-,13?/m1/s1. The van der Waals surface area contributed by atoms with Gasteiger partial charge in [-0.15, -0.1) is 0 Å². The molecule has 2 nitrogen and oxygen atoms in total. The molecule has 100 valence electrons. The van der Waals surface area contributed by atoms with Crippen LogP contribution in [-0.4, -0.2) is 17.7 Å². The second kappa shape index (κ2) is 6.07. The Bertz CT molecular complexity index is 405. The molecule has 2 atom stereocenters. The third-order valence-electron chi connectivity index (χ3n) is 3.86. The Labute approximate surface area is 118 Å². The number of piperidine rings is 1. The van der Waals surface area contributed by atoms with Crippen molar-refractivity contribution in [1.29, 1.82) is 0 Å². The molecule has 1 fully saturated rings. The summed E-state index contributed by atoms with van der Waals surface area (Å²) in [5.74, 6) is 0. The van der Waals surface area contributed by atoms with E-state index in [9.17, 15) is 5.11 Å². The van der Waals surface area contributed by atoms with Crippen molar-refractivity contribution in [2.75, 3.05) is 11.4 Å². The molecular formula is C15H22BrNO. The van der Waals surface area contributed by atoms with E-state index in [4.69, 9.17) is 0 Å². The minimum absolute atomic E-state index is 0.404. The van der Waals surface area contributed by atoms with Gasteiger partial charge in [0, 0.05) is 17.1 Å². The SMILES string of the molecule is CCC1CCCCN1c1ccc([C@@H](C)O)cc1Br. The summed E-state index contributed by atoms with van der Waals surface area (Å²) in [5.41, 5.74) is 2.24. The predicted molar refractivity (Wildman–Crippen MR) is 80.1 cm³/mol. The lowest BCUT2D eigenvalue weighted by Crippen LogP contribution is -2.39. The molecule has 1 aromatic rings. The minimum atomic E-state index is -0.404. The highest BCUT2D eigenvalue weighted by atomic mass is 79.9. The van der Waals surface area contributed by atoms with Crippen LogP contribution in [-0.2, 0) is 0 Å². The fourth-order valence-corrected chi connectivity index (χ4v) is 3.38. The maximum Gasteiger partial charge on any atom is 0.0762 e. The molecule has 1 heterocycles. The second-order valence-corrected chi connectivity index (χ2v) is 5.99. The Morgan fingerprint density at radius 2 is 2.22 bits per heavy atom. The number of hydrogen-bond donors (Lipinski definition) is 1. The van der Waals surface area contributed by atoms with Gasteiger partial charge in [0.05, 0.1) is 11.8 Å². The van der Waals surface area contributed by atoms with Crippen LogP contribution in [0.15, 0.2) is 22.7 Å². The zero-order valence-corrected chi connectivity index (χ0v) is 12.8. The molecule has 0 bridgehead atoms. The van der Waals surface area contributed by atoms with Gasteiger partial charge in [0.2, 0.25) is 0 Å². The van der Waals surface area contributed by atoms with Crippen LogP contribution in [0.4, 0.5) is 5.69 Å². The van der Waals surface area contributed by atoms with Gasteiger partial charge >= 0.3 is 0 Å². The van der Waals surface area contributed by atoms with Crippen molar-refractivity contribution in [3.05, 3.63) is 28.2 Å². The van der Waals surface area contributed by atoms with Crippen LogP contribution in [0.2, 0.25) is 0 Å². The van der Waals surface area contributed by atoms with E-state index in [-0.39, 0.29) is 0 Å². The monoisotopic (exact) mass is 311 g/mol. The molecule has 2 rings (SSSR count). The van der Waals surface area contributed by atoms with E-state index in [0.29, 0.717) is 6.04 Å². The van der Waals surface area contributed by atoms with Crippen LogP contribution in [0, 0.1) is 0 Å². The average molecular weight is 312 g/mol. The Morgan fingerprint density at radius 3 is 2.83 bits per heavy atom. The quantitative estimate of drug-likeness (QED) is 0.901. The molecule has 0 aromatic heterocycles. The molecule has 0 radical (unpaired) electrons. The van der Waals surface area contributed by atoms with Crippen LogP contribution >= 0.6 is 15.9 Å². The lowest BCUT2D eigenvalue weighted by atomic mass is 9.98.